The van der Waals surface area contributed by atoms with Crippen molar-refractivity contribution in [1.82, 2.24) is 4.90 Å². The first-order valence-electron chi connectivity index (χ1n) is 6.30. The zero-order valence-corrected chi connectivity index (χ0v) is 11.5. The molecule has 1 N–H and O–H groups in total. The lowest BCUT2D eigenvalue weighted by Gasteiger charge is -2.33. The molecule has 1 aliphatic rings. The van der Waals surface area contributed by atoms with E-state index >= 15 is 0 Å². The first-order chi connectivity index (χ1) is 9.54. The number of ether oxygens (including phenoxy) is 2. The van der Waals surface area contributed by atoms with Crippen LogP contribution in [0.5, 0.6) is 5.75 Å². The van der Waals surface area contributed by atoms with Crippen LogP contribution in [0.4, 0.5) is 0 Å². The number of phenols is 1. The molecule has 1 fully saturated rings. The summed E-state index contributed by atoms with van der Waals surface area (Å²) < 4.78 is 9.90. The fourth-order valence-electron chi connectivity index (χ4n) is 2.15. The van der Waals surface area contributed by atoms with E-state index in [-0.39, 0.29) is 24.5 Å². The Morgan fingerprint density at radius 2 is 2.20 bits per heavy atom. The third kappa shape index (κ3) is 2.75. The van der Waals surface area contributed by atoms with Gasteiger partial charge in [-0.05, 0) is 19.1 Å². The van der Waals surface area contributed by atoms with Gasteiger partial charge in [-0.25, -0.2) is 4.79 Å². The normalized spacial score (nSPS) is 18.7. The molecule has 2 rings (SSSR count). The second kappa shape index (κ2) is 5.92. The van der Waals surface area contributed by atoms with Gasteiger partial charge in [0.2, 0.25) is 0 Å². The van der Waals surface area contributed by atoms with Crippen LogP contribution in [0.15, 0.2) is 18.2 Å². The first kappa shape index (κ1) is 14.3. The lowest BCUT2D eigenvalue weighted by molar-refractivity contribution is -0.151. The maximum atomic E-state index is 12.5. The van der Waals surface area contributed by atoms with Crippen LogP contribution in [0, 0.1) is 6.92 Å². The van der Waals surface area contributed by atoms with E-state index in [0.717, 1.165) is 5.56 Å². The molecule has 1 atom stereocenters. The van der Waals surface area contributed by atoms with Crippen LogP contribution in [0.3, 0.4) is 0 Å². The number of nitrogens with zero attached hydrogens (tertiary/aromatic N) is 1. The highest BCUT2D eigenvalue weighted by atomic mass is 16.5. The molecule has 6 heteroatoms. The van der Waals surface area contributed by atoms with Crippen molar-refractivity contribution in [2.24, 2.45) is 0 Å². The largest absolute Gasteiger partial charge is 0.507 e. The molecular weight excluding hydrogens is 262 g/mol. The predicted octanol–water partition coefficient (Wildman–Crippen LogP) is 0.715. The topological polar surface area (TPSA) is 76.1 Å². The molecule has 0 spiro atoms. The van der Waals surface area contributed by atoms with Gasteiger partial charge in [-0.2, -0.15) is 0 Å². The maximum Gasteiger partial charge on any atom is 0.331 e. The Morgan fingerprint density at radius 3 is 2.90 bits per heavy atom. The summed E-state index contributed by atoms with van der Waals surface area (Å²) >= 11 is 0. The molecule has 1 saturated heterocycles. The van der Waals surface area contributed by atoms with E-state index in [1.807, 2.05) is 6.92 Å². The molecule has 1 aromatic rings. The summed E-state index contributed by atoms with van der Waals surface area (Å²) in [5.74, 6) is -1.02. The maximum absolute atomic E-state index is 12.5. The highest BCUT2D eigenvalue weighted by molar-refractivity contribution is 5.99. The number of phenolic OH excluding ortho intramolecular Hbond substituents is 1. The van der Waals surface area contributed by atoms with Crippen molar-refractivity contribution in [3.8, 4) is 5.75 Å². The van der Waals surface area contributed by atoms with Crippen molar-refractivity contribution in [2.75, 3.05) is 26.9 Å². The van der Waals surface area contributed by atoms with E-state index in [1.165, 1.54) is 18.1 Å². The summed E-state index contributed by atoms with van der Waals surface area (Å²) in [6.45, 7) is 2.57. The number of benzene rings is 1. The van der Waals surface area contributed by atoms with Gasteiger partial charge in [-0.3, -0.25) is 4.79 Å². The number of esters is 1. The smallest absolute Gasteiger partial charge is 0.331 e. The SMILES string of the molecule is COC(=O)C1COCCN1C(=O)c1cc(C)ccc1O. The molecule has 1 unspecified atom stereocenters. The van der Waals surface area contributed by atoms with Gasteiger partial charge in [-0.15, -0.1) is 0 Å². The van der Waals surface area contributed by atoms with E-state index in [0.29, 0.717) is 6.61 Å². The Bertz CT molecular complexity index is 528. The number of amides is 1. The summed E-state index contributed by atoms with van der Waals surface area (Å²) in [7, 11) is 1.27. The Hall–Kier alpha value is -2.08. The summed E-state index contributed by atoms with van der Waals surface area (Å²) in [4.78, 5) is 25.6. The molecule has 20 heavy (non-hydrogen) atoms. The number of hydrogen-bond donors (Lipinski definition) is 1. The molecule has 0 bridgehead atoms. The molecule has 0 aromatic heterocycles. The molecule has 6 nitrogen and oxygen atoms in total. The van der Waals surface area contributed by atoms with Crippen LogP contribution in [0.1, 0.15) is 15.9 Å². The standard InChI is InChI=1S/C14H17NO5/c1-9-3-4-12(16)10(7-9)13(17)15-5-6-20-8-11(15)14(18)19-2/h3-4,7,11,16H,5-6,8H2,1-2H3. The van der Waals surface area contributed by atoms with E-state index in [2.05, 4.69) is 4.74 Å². The summed E-state index contributed by atoms with van der Waals surface area (Å²) in [6.07, 6.45) is 0. The first-order valence-corrected chi connectivity index (χ1v) is 6.30. The molecule has 0 radical (unpaired) electrons. The van der Waals surface area contributed by atoms with Gasteiger partial charge < -0.3 is 19.5 Å². The van der Waals surface area contributed by atoms with Gasteiger partial charge in [0.1, 0.15) is 5.75 Å². The molecule has 1 aliphatic heterocycles. The Kier molecular flexibility index (Phi) is 4.24. The number of aromatic hydroxyl groups is 1. The molecular formula is C14H17NO5. The van der Waals surface area contributed by atoms with Gasteiger partial charge in [0.15, 0.2) is 6.04 Å². The molecule has 1 aromatic carbocycles. The summed E-state index contributed by atoms with van der Waals surface area (Å²) in [6, 6.07) is 4.00. The van der Waals surface area contributed by atoms with Crippen molar-refractivity contribution in [1.29, 1.82) is 0 Å². The van der Waals surface area contributed by atoms with Crippen LogP contribution in [-0.2, 0) is 14.3 Å². The van der Waals surface area contributed by atoms with Crippen LogP contribution in [0.2, 0.25) is 0 Å². The van der Waals surface area contributed by atoms with Crippen LogP contribution in [-0.4, -0.2) is 54.8 Å². The zero-order valence-electron chi connectivity index (χ0n) is 11.5. The van der Waals surface area contributed by atoms with Gasteiger partial charge in [0.05, 0.1) is 25.9 Å². The van der Waals surface area contributed by atoms with Crippen molar-refractivity contribution < 1.29 is 24.2 Å². The Balaban J connectivity index is 2.30. The Morgan fingerprint density at radius 1 is 1.45 bits per heavy atom. The summed E-state index contributed by atoms with van der Waals surface area (Å²) in [5.41, 5.74) is 1.04. The molecule has 0 saturated carbocycles. The van der Waals surface area contributed by atoms with Gasteiger partial charge >= 0.3 is 5.97 Å². The lowest BCUT2D eigenvalue weighted by atomic mass is 10.1. The van der Waals surface area contributed by atoms with Crippen molar-refractivity contribution in [3.05, 3.63) is 29.3 Å². The fraction of sp³-hybridized carbons (Fsp3) is 0.429. The highest BCUT2D eigenvalue weighted by Gasteiger charge is 2.34. The van der Waals surface area contributed by atoms with E-state index in [1.54, 1.807) is 12.1 Å². The molecule has 0 aliphatic carbocycles. The minimum absolute atomic E-state index is 0.101. The minimum atomic E-state index is -0.777. The Labute approximate surface area is 116 Å². The number of carbonyl (C=O) groups is 2. The highest BCUT2D eigenvalue weighted by Crippen LogP contribution is 2.22. The van der Waals surface area contributed by atoms with Crippen LogP contribution >= 0.6 is 0 Å². The average molecular weight is 279 g/mol. The van der Waals surface area contributed by atoms with Gasteiger partial charge in [0, 0.05) is 6.54 Å². The number of hydrogen-bond acceptors (Lipinski definition) is 5. The number of carbonyl (C=O) groups excluding carboxylic acids is 2. The number of aryl methyl sites for hydroxylation is 1. The number of morpholine rings is 1. The second-order valence-corrected chi connectivity index (χ2v) is 4.63. The fourth-order valence-corrected chi connectivity index (χ4v) is 2.15. The van der Waals surface area contributed by atoms with Gasteiger partial charge in [-0.1, -0.05) is 11.6 Å². The zero-order chi connectivity index (χ0) is 14.7. The second-order valence-electron chi connectivity index (χ2n) is 4.63. The predicted molar refractivity (Wildman–Crippen MR) is 70.5 cm³/mol. The molecule has 1 amide bonds. The third-order valence-corrected chi connectivity index (χ3v) is 3.25. The molecule has 108 valence electrons. The number of methoxy groups -OCH3 is 1. The van der Waals surface area contributed by atoms with Crippen LogP contribution < -0.4 is 0 Å². The average Bonchev–Trinajstić information content (AvgIpc) is 2.48. The lowest BCUT2D eigenvalue weighted by Crippen LogP contribution is -2.53. The van der Waals surface area contributed by atoms with Crippen LogP contribution in [0.25, 0.3) is 0 Å². The van der Waals surface area contributed by atoms with Crippen molar-refractivity contribution in [2.45, 2.75) is 13.0 Å². The molecule has 1 heterocycles. The third-order valence-electron chi connectivity index (χ3n) is 3.25. The van der Waals surface area contributed by atoms with Gasteiger partial charge in [0.25, 0.3) is 5.91 Å². The van der Waals surface area contributed by atoms with Crippen molar-refractivity contribution >= 4 is 11.9 Å². The summed E-state index contributed by atoms with van der Waals surface area (Å²) in [5, 5.41) is 9.82. The van der Waals surface area contributed by atoms with E-state index < -0.39 is 17.9 Å². The van der Waals surface area contributed by atoms with Crippen molar-refractivity contribution in [3.63, 3.8) is 0 Å². The van der Waals surface area contributed by atoms with E-state index in [9.17, 15) is 14.7 Å². The number of rotatable bonds is 2. The van der Waals surface area contributed by atoms with E-state index in [4.69, 9.17) is 4.74 Å². The quantitative estimate of drug-likeness (QED) is 0.807. The minimum Gasteiger partial charge on any atom is -0.507 e. The monoisotopic (exact) mass is 279 g/mol.